The molecule has 0 radical (unpaired) electrons. The van der Waals surface area contributed by atoms with Crippen molar-refractivity contribution < 1.29 is 0 Å². The second-order valence-electron chi connectivity index (χ2n) is 6.52. The number of aromatic nitrogens is 5. The van der Waals surface area contributed by atoms with Crippen molar-refractivity contribution in [1.82, 2.24) is 30.0 Å². The molecular weight excluding hydrogens is 336 g/mol. The molecule has 2 heterocycles. The zero-order valence-corrected chi connectivity index (χ0v) is 15.3. The Labute approximate surface area is 158 Å². The summed E-state index contributed by atoms with van der Waals surface area (Å²) in [6.45, 7) is 4.45. The zero-order chi connectivity index (χ0) is 18.5. The van der Waals surface area contributed by atoms with Gasteiger partial charge >= 0.3 is 0 Å². The van der Waals surface area contributed by atoms with E-state index in [9.17, 15) is 0 Å². The molecule has 6 nitrogen and oxygen atoms in total. The van der Waals surface area contributed by atoms with Crippen LogP contribution in [0.4, 0.5) is 0 Å². The van der Waals surface area contributed by atoms with Crippen LogP contribution in [0.3, 0.4) is 0 Å². The fourth-order valence-corrected chi connectivity index (χ4v) is 3.09. The van der Waals surface area contributed by atoms with Gasteiger partial charge in [-0.2, -0.15) is 0 Å². The van der Waals surface area contributed by atoms with Crippen LogP contribution in [0.25, 0.3) is 22.2 Å². The highest BCUT2D eigenvalue weighted by Gasteiger charge is 2.05. The van der Waals surface area contributed by atoms with Crippen LogP contribution in [0.5, 0.6) is 0 Å². The lowest BCUT2D eigenvalue weighted by Crippen LogP contribution is -2.17. The van der Waals surface area contributed by atoms with E-state index < -0.39 is 0 Å². The lowest BCUT2D eigenvalue weighted by Gasteiger charge is -2.07. The molecule has 6 heteroatoms. The normalized spacial score (nSPS) is 11.1. The Bertz CT molecular complexity index is 1020. The predicted molar refractivity (Wildman–Crippen MR) is 106 cm³/mol. The summed E-state index contributed by atoms with van der Waals surface area (Å²) in [5, 5.41) is 13.9. The summed E-state index contributed by atoms with van der Waals surface area (Å²) >= 11 is 0. The first-order valence-corrected chi connectivity index (χ1v) is 9.21. The minimum absolute atomic E-state index is 0.673. The summed E-state index contributed by atoms with van der Waals surface area (Å²) in [4.78, 5) is 9.07. The van der Waals surface area contributed by atoms with Gasteiger partial charge in [0.05, 0.1) is 6.54 Å². The fourth-order valence-electron chi connectivity index (χ4n) is 3.09. The highest BCUT2D eigenvalue weighted by molar-refractivity contribution is 5.86. The van der Waals surface area contributed by atoms with E-state index in [1.165, 1.54) is 10.8 Å². The average molecular weight is 358 g/mol. The molecule has 136 valence electrons. The van der Waals surface area contributed by atoms with Crippen LogP contribution in [0.2, 0.25) is 0 Å². The molecule has 0 unspecified atom stereocenters. The van der Waals surface area contributed by atoms with Gasteiger partial charge < -0.3 is 9.88 Å². The lowest BCUT2D eigenvalue weighted by atomic mass is 10.1. The maximum Gasteiger partial charge on any atom is 0.159 e. The molecule has 0 fully saturated rings. The van der Waals surface area contributed by atoms with Gasteiger partial charge in [-0.25, -0.2) is 9.97 Å². The van der Waals surface area contributed by atoms with Gasteiger partial charge in [-0.15, -0.1) is 10.2 Å². The Hall–Kier alpha value is -3.12. The summed E-state index contributed by atoms with van der Waals surface area (Å²) in [6, 6.07) is 14.6. The molecule has 0 atom stereocenters. The van der Waals surface area contributed by atoms with E-state index in [1.54, 1.807) is 6.33 Å². The number of benzene rings is 2. The first kappa shape index (κ1) is 17.3. The van der Waals surface area contributed by atoms with Crippen molar-refractivity contribution in [2.75, 3.05) is 0 Å². The molecule has 1 N–H and O–H groups in total. The van der Waals surface area contributed by atoms with Gasteiger partial charge in [0.2, 0.25) is 0 Å². The second kappa shape index (κ2) is 8.05. The van der Waals surface area contributed by atoms with Crippen molar-refractivity contribution in [3.63, 3.8) is 0 Å². The summed E-state index contributed by atoms with van der Waals surface area (Å²) < 4.78 is 2.08. The monoisotopic (exact) mass is 358 g/mol. The third kappa shape index (κ3) is 4.01. The molecule has 0 spiro atoms. The number of aryl methyl sites for hydroxylation is 1. The summed E-state index contributed by atoms with van der Waals surface area (Å²) in [7, 11) is 0. The van der Waals surface area contributed by atoms with E-state index in [1.807, 2.05) is 24.5 Å². The van der Waals surface area contributed by atoms with E-state index in [0.717, 1.165) is 35.7 Å². The number of nitrogens with one attached hydrogen (secondary N) is 1. The fraction of sp³-hybridized carbons (Fsp3) is 0.238. The van der Waals surface area contributed by atoms with E-state index in [0.29, 0.717) is 13.1 Å². The van der Waals surface area contributed by atoms with Crippen LogP contribution in [0, 0.1) is 0 Å². The Morgan fingerprint density at radius 2 is 1.78 bits per heavy atom. The van der Waals surface area contributed by atoms with E-state index in [4.69, 9.17) is 0 Å². The Morgan fingerprint density at radius 1 is 0.963 bits per heavy atom. The van der Waals surface area contributed by atoms with Gasteiger partial charge in [-0.1, -0.05) is 43.3 Å². The zero-order valence-electron chi connectivity index (χ0n) is 15.3. The number of rotatable bonds is 7. The van der Waals surface area contributed by atoms with Crippen LogP contribution in [-0.4, -0.2) is 24.7 Å². The maximum absolute atomic E-state index is 4.53. The molecule has 0 bridgehead atoms. The van der Waals surface area contributed by atoms with Gasteiger partial charge in [0.15, 0.2) is 5.82 Å². The van der Waals surface area contributed by atoms with Gasteiger partial charge in [-0.05, 0) is 23.3 Å². The molecule has 0 amide bonds. The smallest absolute Gasteiger partial charge is 0.159 e. The lowest BCUT2D eigenvalue weighted by molar-refractivity contribution is 0.587. The predicted octanol–water partition coefficient (Wildman–Crippen LogP) is 3.59. The summed E-state index contributed by atoms with van der Waals surface area (Å²) in [6.07, 6.45) is 6.60. The van der Waals surface area contributed by atoms with Crippen molar-refractivity contribution >= 4 is 10.8 Å². The number of nitrogens with zero attached hydrogens (tertiary/aromatic N) is 5. The van der Waals surface area contributed by atoms with Crippen molar-refractivity contribution in [3.8, 4) is 11.4 Å². The molecule has 4 aromatic rings. The van der Waals surface area contributed by atoms with Gasteiger partial charge in [0.25, 0.3) is 0 Å². The van der Waals surface area contributed by atoms with Gasteiger partial charge in [-0.3, -0.25) is 0 Å². The Kier molecular flexibility index (Phi) is 5.16. The van der Waals surface area contributed by atoms with E-state index in [2.05, 4.69) is 67.3 Å². The molecule has 0 aliphatic carbocycles. The largest absolute Gasteiger partial charge is 0.317 e. The molecule has 2 aromatic carbocycles. The van der Waals surface area contributed by atoms with E-state index in [-0.39, 0.29) is 0 Å². The third-order valence-electron chi connectivity index (χ3n) is 4.49. The van der Waals surface area contributed by atoms with Crippen molar-refractivity contribution in [1.29, 1.82) is 0 Å². The minimum atomic E-state index is 0.673. The van der Waals surface area contributed by atoms with Crippen LogP contribution >= 0.6 is 0 Å². The van der Waals surface area contributed by atoms with E-state index >= 15 is 0 Å². The Morgan fingerprint density at radius 3 is 2.59 bits per heavy atom. The minimum Gasteiger partial charge on any atom is -0.317 e. The molecule has 0 aliphatic heterocycles. The highest BCUT2D eigenvalue weighted by Crippen LogP contribution is 2.21. The molecular formula is C21H22N6. The summed E-state index contributed by atoms with van der Waals surface area (Å²) in [5.41, 5.74) is 2.07. The molecule has 0 aliphatic rings. The molecule has 0 saturated carbocycles. The Balaban J connectivity index is 1.40. The molecule has 4 rings (SSSR count). The third-order valence-corrected chi connectivity index (χ3v) is 4.49. The first-order chi connectivity index (χ1) is 13.3. The second-order valence-corrected chi connectivity index (χ2v) is 6.52. The molecule has 0 saturated heterocycles. The first-order valence-electron chi connectivity index (χ1n) is 9.21. The number of hydrogen-bond donors (Lipinski definition) is 1. The van der Waals surface area contributed by atoms with Gasteiger partial charge in [0, 0.05) is 36.6 Å². The van der Waals surface area contributed by atoms with Crippen molar-refractivity contribution in [2.45, 2.75) is 33.0 Å². The SMILES string of the molecule is CCCn1cnnc1CNCc1cnc(-c2ccc3ccccc3c2)nc1. The maximum atomic E-state index is 4.53. The molecule has 2 aromatic heterocycles. The standard InChI is InChI=1S/C21H22N6/c1-2-9-27-15-25-26-20(27)14-22-11-16-12-23-21(24-13-16)19-8-7-17-5-3-4-6-18(17)10-19/h3-8,10,12-13,15,22H,2,9,11,14H2,1H3. The van der Waals surface area contributed by atoms with Crippen LogP contribution in [0.15, 0.2) is 61.2 Å². The quantitative estimate of drug-likeness (QED) is 0.547. The van der Waals surface area contributed by atoms with Crippen molar-refractivity contribution in [3.05, 3.63) is 72.6 Å². The topological polar surface area (TPSA) is 68.5 Å². The number of fused-ring (bicyclic) bond motifs is 1. The highest BCUT2D eigenvalue weighted by atomic mass is 15.3. The van der Waals surface area contributed by atoms with Crippen LogP contribution in [-0.2, 0) is 19.6 Å². The average Bonchev–Trinajstić information content (AvgIpc) is 3.15. The molecule has 27 heavy (non-hydrogen) atoms. The number of hydrogen-bond acceptors (Lipinski definition) is 5. The summed E-state index contributed by atoms with van der Waals surface area (Å²) in [5.74, 6) is 1.69. The van der Waals surface area contributed by atoms with Crippen LogP contribution in [0.1, 0.15) is 24.7 Å². The van der Waals surface area contributed by atoms with Gasteiger partial charge in [0.1, 0.15) is 12.2 Å². The van der Waals surface area contributed by atoms with Crippen LogP contribution < -0.4 is 5.32 Å². The van der Waals surface area contributed by atoms with Crippen molar-refractivity contribution in [2.24, 2.45) is 0 Å².